The molecule has 9 nitrogen and oxygen atoms in total. The van der Waals surface area contributed by atoms with Crippen molar-refractivity contribution in [2.45, 2.75) is 30.2 Å². The number of hydrazone groups is 1. The predicted molar refractivity (Wildman–Crippen MR) is 179 cm³/mol. The van der Waals surface area contributed by atoms with Crippen LogP contribution in [0.3, 0.4) is 0 Å². The van der Waals surface area contributed by atoms with Crippen LogP contribution in [0.15, 0.2) is 88.4 Å². The molecule has 0 spiro atoms. The fraction of sp³-hybridized carbons (Fsp3) is 0.371. The van der Waals surface area contributed by atoms with Gasteiger partial charge in [0.25, 0.3) is 5.91 Å². The molecule has 0 N–H and O–H groups in total. The minimum Gasteiger partial charge on any atom is -0.379 e. The third-order valence-corrected chi connectivity index (χ3v) is 10.8. The number of sulfonamides is 1. The summed E-state index contributed by atoms with van der Waals surface area (Å²) in [5.41, 5.74) is 6.87. The number of amides is 1. The van der Waals surface area contributed by atoms with Crippen molar-refractivity contribution >= 4 is 39.1 Å². The Morgan fingerprint density at radius 1 is 0.867 bits per heavy atom. The van der Waals surface area contributed by atoms with Crippen molar-refractivity contribution in [3.05, 3.63) is 95.1 Å². The van der Waals surface area contributed by atoms with Gasteiger partial charge in [0, 0.05) is 64.1 Å². The highest BCUT2D eigenvalue weighted by atomic mass is 32.2. The monoisotopic (exact) mass is 627 g/mol. The fourth-order valence-corrected chi connectivity index (χ4v) is 7.79. The second-order valence-corrected chi connectivity index (χ2v) is 14.2. The Balaban J connectivity index is 1.34. The summed E-state index contributed by atoms with van der Waals surface area (Å²) in [6.07, 6.45) is 5.03. The van der Waals surface area contributed by atoms with Crippen LogP contribution < -0.4 is 9.80 Å². The van der Waals surface area contributed by atoms with E-state index in [4.69, 9.17) is 9.84 Å². The van der Waals surface area contributed by atoms with Crippen LogP contribution in [-0.2, 0) is 14.8 Å². The van der Waals surface area contributed by atoms with Gasteiger partial charge in [-0.2, -0.15) is 9.41 Å². The number of hydrogen-bond acceptors (Lipinski definition) is 7. The van der Waals surface area contributed by atoms with Crippen LogP contribution in [0.1, 0.15) is 46.8 Å². The lowest BCUT2D eigenvalue weighted by molar-refractivity contribution is 0.0680. The van der Waals surface area contributed by atoms with Gasteiger partial charge in [-0.15, -0.1) is 0 Å². The molecule has 45 heavy (non-hydrogen) atoms. The molecule has 3 aromatic rings. The second-order valence-electron chi connectivity index (χ2n) is 12.3. The predicted octanol–water partition coefficient (Wildman–Crippen LogP) is 5.28. The average Bonchev–Trinajstić information content (AvgIpc) is 3.46. The molecule has 10 heteroatoms. The third kappa shape index (κ3) is 6.27. The number of carbonyl (C=O) groups excluding carboxylic acids is 1. The van der Waals surface area contributed by atoms with Crippen LogP contribution in [0.5, 0.6) is 0 Å². The van der Waals surface area contributed by atoms with E-state index in [9.17, 15) is 13.2 Å². The number of ether oxygens (including phenoxy) is 1. The molecule has 0 aromatic heterocycles. The number of allylic oxidation sites excluding steroid dienone is 1. The van der Waals surface area contributed by atoms with E-state index in [0.717, 1.165) is 53.0 Å². The van der Waals surface area contributed by atoms with Crippen LogP contribution >= 0.6 is 0 Å². The van der Waals surface area contributed by atoms with E-state index >= 15 is 0 Å². The number of fused-ring (bicyclic) bond motifs is 1. The molecule has 2 atom stereocenters. The smallest absolute Gasteiger partial charge is 0.274 e. The number of nitrogens with zero attached hydrogens (tertiary/aromatic N) is 5. The normalized spacial score (nSPS) is 21.4. The van der Waals surface area contributed by atoms with Crippen molar-refractivity contribution in [3.63, 3.8) is 0 Å². The molecule has 6 rings (SSSR count). The van der Waals surface area contributed by atoms with Crippen LogP contribution in [0, 0.1) is 5.92 Å². The van der Waals surface area contributed by atoms with Crippen LogP contribution in [0.25, 0.3) is 6.08 Å². The van der Waals surface area contributed by atoms with Crippen molar-refractivity contribution in [3.8, 4) is 0 Å². The first kappa shape index (κ1) is 31.0. The summed E-state index contributed by atoms with van der Waals surface area (Å²) in [7, 11) is 4.41. The summed E-state index contributed by atoms with van der Waals surface area (Å²) in [5, 5.41) is 6.67. The maximum atomic E-state index is 14.2. The molecule has 236 valence electrons. The molecule has 2 aliphatic heterocycles. The zero-order chi connectivity index (χ0) is 31.7. The van der Waals surface area contributed by atoms with Crippen LogP contribution in [0.2, 0.25) is 0 Å². The molecule has 1 saturated carbocycles. The molecule has 0 bridgehead atoms. The quantitative estimate of drug-likeness (QED) is 0.355. The van der Waals surface area contributed by atoms with Gasteiger partial charge in [-0.3, -0.25) is 4.79 Å². The molecular weight excluding hydrogens is 586 g/mol. The van der Waals surface area contributed by atoms with Crippen LogP contribution in [0.4, 0.5) is 11.4 Å². The largest absolute Gasteiger partial charge is 0.379 e. The molecule has 1 aliphatic carbocycles. The summed E-state index contributed by atoms with van der Waals surface area (Å²) in [6.45, 7) is 1.39. The first-order chi connectivity index (χ1) is 21.6. The Hall–Kier alpha value is -3.99. The summed E-state index contributed by atoms with van der Waals surface area (Å²) in [4.78, 5) is 18.5. The number of benzene rings is 3. The van der Waals surface area contributed by atoms with Gasteiger partial charge in [-0.25, -0.2) is 13.4 Å². The lowest BCUT2D eigenvalue weighted by atomic mass is 9.77. The van der Waals surface area contributed by atoms with Gasteiger partial charge >= 0.3 is 0 Å². The van der Waals surface area contributed by atoms with Gasteiger partial charge in [0.1, 0.15) is 0 Å². The van der Waals surface area contributed by atoms with E-state index in [1.54, 1.807) is 17.1 Å². The number of rotatable bonds is 7. The van der Waals surface area contributed by atoms with Gasteiger partial charge in [0.15, 0.2) is 0 Å². The van der Waals surface area contributed by atoms with E-state index < -0.39 is 10.0 Å². The van der Waals surface area contributed by atoms with Crippen molar-refractivity contribution in [2.75, 3.05) is 64.3 Å². The average molecular weight is 628 g/mol. The minimum absolute atomic E-state index is 0.0566. The van der Waals surface area contributed by atoms with E-state index in [2.05, 4.69) is 64.4 Å². The Morgan fingerprint density at radius 2 is 1.47 bits per heavy atom. The molecule has 0 radical (unpaired) electrons. The van der Waals surface area contributed by atoms with Gasteiger partial charge in [0.2, 0.25) is 10.0 Å². The maximum Gasteiger partial charge on any atom is 0.274 e. The van der Waals surface area contributed by atoms with E-state index in [-0.39, 0.29) is 22.8 Å². The molecule has 0 unspecified atom stereocenters. The van der Waals surface area contributed by atoms with Gasteiger partial charge in [-0.1, -0.05) is 24.3 Å². The Morgan fingerprint density at radius 3 is 2.07 bits per heavy atom. The first-order valence-electron chi connectivity index (χ1n) is 15.5. The zero-order valence-electron chi connectivity index (χ0n) is 26.4. The Kier molecular flexibility index (Phi) is 8.81. The number of carbonyl (C=O) groups is 1. The van der Waals surface area contributed by atoms with Crippen LogP contribution in [-0.4, -0.2) is 83.8 Å². The zero-order valence-corrected chi connectivity index (χ0v) is 27.2. The highest BCUT2D eigenvalue weighted by molar-refractivity contribution is 7.89. The van der Waals surface area contributed by atoms with Crippen molar-refractivity contribution in [2.24, 2.45) is 11.0 Å². The highest BCUT2D eigenvalue weighted by Gasteiger charge is 2.44. The van der Waals surface area contributed by atoms with E-state index in [0.29, 0.717) is 31.9 Å². The lowest BCUT2D eigenvalue weighted by Gasteiger charge is -2.30. The topological polar surface area (TPSA) is 85.8 Å². The lowest BCUT2D eigenvalue weighted by Crippen LogP contribution is -2.40. The number of anilines is 2. The van der Waals surface area contributed by atoms with Crippen molar-refractivity contribution < 1.29 is 17.9 Å². The standard InChI is InChI=1S/C35H41N5O4S/c1-37(2)29-14-8-25(9-15-29)24-28-6-5-7-32-33(28)36-40(34(32)26-10-16-30(17-11-26)38(3)4)35(41)27-12-18-31(19-13-27)45(42,43)39-20-22-44-23-21-39/h8-19,24,32,34H,5-7,20-23H2,1-4H3/b28-24-/t32-,34+/m0/s1. The third-order valence-electron chi connectivity index (χ3n) is 8.92. The summed E-state index contributed by atoms with van der Waals surface area (Å²) < 4.78 is 33.1. The molecule has 1 amide bonds. The molecule has 2 heterocycles. The van der Waals surface area contributed by atoms with Crippen molar-refractivity contribution in [1.82, 2.24) is 9.31 Å². The summed E-state index contributed by atoms with van der Waals surface area (Å²) in [5.74, 6) is -0.190. The number of morpholine rings is 1. The molecule has 3 aliphatic rings. The Labute approximate surface area is 266 Å². The highest BCUT2D eigenvalue weighted by Crippen LogP contribution is 2.45. The van der Waals surface area contributed by atoms with Crippen molar-refractivity contribution in [1.29, 1.82) is 0 Å². The van der Waals surface area contributed by atoms with E-state index in [1.165, 1.54) is 16.4 Å². The molecule has 1 saturated heterocycles. The summed E-state index contributed by atoms with van der Waals surface area (Å²) in [6, 6.07) is 22.8. The molecule has 2 fully saturated rings. The second kappa shape index (κ2) is 12.8. The Bertz CT molecular complexity index is 1690. The first-order valence-corrected chi connectivity index (χ1v) is 16.9. The van der Waals surface area contributed by atoms with Gasteiger partial charge in [-0.05, 0) is 90.6 Å². The molecular formula is C35H41N5O4S. The molecule has 3 aromatic carbocycles. The minimum atomic E-state index is -3.66. The van der Waals surface area contributed by atoms with Gasteiger partial charge < -0.3 is 14.5 Å². The maximum absolute atomic E-state index is 14.2. The number of hydrogen-bond donors (Lipinski definition) is 0. The SMILES string of the molecule is CN(C)c1ccc(/C=C2/CCC[C@H]3C2=NN(C(=O)c2ccc(S(=O)(=O)N4CCOCC4)cc2)[C@@H]3c2ccc(N(C)C)cc2)cc1. The van der Waals surface area contributed by atoms with E-state index in [1.807, 2.05) is 28.2 Å². The fourth-order valence-electron chi connectivity index (χ4n) is 6.38. The van der Waals surface area contributed by atoms with Gasteiger partial charge in [0.05, 0.1) is 29.9 Å². The summed E-state index contributed by atoms with van der Waals surface area (Å²) >= 11 is 0.